The Labute approximate surface area is 276 Å². The fourth-order valence-corrected chi connectivity index (χ4v) is 8.19. The predicted molar refractivity (Wildman–Crippen MR) is 191 cm³/mol. The fourth-order valence-electron chi connectivity index (χ4n) is 5.59. The van der Waals surface area contributed by atoms with E-state index in [4.69, 9.17) is 18.5 Å². The van der Waals surface area contributed by atoms with Crippen molar-refractivity contribution in [2.24, 2.45) is 0 Å². The summed E-state index contributed by atoms with van der Waals surface area (Å²) in [5.41, 5.74) is 5.96. The van der Waals surface area contributed by atoms with Crippen LogP contribution in [0.4, 0.5) is 0 Å². The van der Waals surface area contributed by atoms with E-state index in [1.165, 1.54) is 0 Å². The lowest BCUT2D eigenvalue weighted by Crippen LogP contribution is -2.32. The van der Waals surface area contributed by atoms with Gasteiger partial charge in [0, 0.05) is 0 Å². The first kappa shape index (κ1) is 35.4. The molecule has 246 valence electrons. The first-order valence-corrected chi connectivity index (χ1v) is 18.8. The summed E-state index contributed by atoms with van der Waals surface area (Å²) in [5, 5.41) is -1.82. The second-order valence-corrected chi connectivity index (χ2v) is 15.3. The van der Waals surface area contributed by atoms with Crippen molar-refractivity contribution < 1.29 is 27.7 Å². The molecule has 0 aliphatic rings. The molecular formula is C38H48O6P2. The number of rotatable bonds is 15. The zero-order chi connectivity index (χ0) is 33.5. The summed E-state index contributed by atoms with van der Waals surface area (Å²) in [7, 11) is -5.26. The van der Waals surface area contributed by atoms with Crippen molar-refractivity contribution in [3.05, 3.63) is 107 Å². The van der Waals surface area contributed by atoms with Crippen molar-refractivity contribution in [2.75, 3.05) is 0 Å². The number of hydrogen-bond acceptors (Lipinski definition) is 6. The molecule has 4 rings (SSSR count). The maximum atomic E-state index is 13.6. The van der Waals surface area contributed by atoms with Crippen LogP contribution in [0, 0.1) is 27.7 Å². The Hall–Kier alpha value is -3.46. The van der Waals surface area contributed by atoms with Gasteiger partial charge in [-0.05, 0) is 111 Å². The molecule has 0 aliphatic heterocycles. The van der Waals surface area contributed by atoms with E-state index in [0.29, 0.717) is 37.2 Å². The van der Waals surface area contributed by atoms with Gasteiger partial charge >= 0.3 is 0 Å². The number of hydrogen-bond donors (Lipinski definition) is 0. The summed E-state index contributed by atoms with van der Waals surface area (Å²) in [5.74, 6) is 2.60. The maximum Gasteiger partial charge on any atom is 0.278 e. The average molecular weight is 663 g/mol. The molecule has 0 saturated heterocycles. The van der Waals surface area contributed by atoms with E-state index in [9.17, 15) is 9.13 Å². The molecule has 0 radical (unpaired) electrons. The lowest BCUT2D eigenvalue weighted by molar-refractivity contribution is 0.133. The fraction of sp³-hybridized carbons (Fsp3) is 0.368. The molecular weight excluding hydrogens is 614 g/mol. The van der Waals surface area contributed by atoms with Crippen LogP contribution in [0.15, 0.2) is 84.9 Å². The van der Waals surface area contributed by atoms with E-state index in [-0.39, 0.29) is 0 Å². The molecule has 0 bridgehead atoms. The molecule has 0 amide bonds. The zero-order valence-electron chi connectivity index (χ0n) is 28.4. The summed E-state index contributed by atoms with van der Waals surface area (Å²) in [6.45, 7) is 15.9. The first-order chi connectivity index (χ1) is 22.0. The van der Waals surface area contributed by atoms with Crippen LogP contribution < -0.4 is 18.5 Å². The summed E-state index contributed by atoms with van der Waals surface area (Å²) in [4.78, 5) is 0. The maximum absolute atomic E-state index is 13.6. The van der Waals surface area contributed by atoms with Gasteiger partial charge in [0.05, 0.1) is 0 Å². The second-order valence-electron chi connectivity index (χ2n) is 11.9. The third-order valence-corrected chi connectivity index (χ3v) is 12.9. The molecule has 2 atom stereocenters. The van der Waals surface area contributed by atoms with Crippen LogP contribution in [0.3, 0.4) is 0 Å². The van der Waals surface area contributed by atoms with Gasteiger partial charge in [0.25, 0.3) is 16.1 Å². The summed E-state index contributed by atoms with van der Waals surface area (Å²) in [6, 6.07) is 27.1. The van der Waals surface area contributed by atoms with Gasteiger partial charge in [0.1, 0.15) is 23.0 Å². The van der Waals surface area contributed by atoms with Crippen LogP contribution in [0.5, 0.6) is 23.0 Å². The van der Waals surface area contributed by atoms with E-state index in [1.807, 2.05) is 140 Å². The zero-order valence-corrected chi connectivity index (χ0v) is 30.4. The van der Waals surface area contributed by atoms with Crippen molar-refractivity contribution >= 4 is 16.1 Å². The smallest absolute Gasteiger partial charge is 0.278 e. The summed E-state index contributed by atoms with van der Waals surface area (Å²) in [6.07, 6.45) is 2.23. The average Bonchev–Trinajstić information content (AvgIpc) is 3.06. The van der Waals surface area contributed by atoms with Crippen LogP contribution in [0.1, 0.15) is 75.6 Å². The van der Waals surface area contributed by atoms with Gasteiger partial charge in [0.2, 0.25) is 0 Å². The molecule has 0 aromatic heterocycles. The molecule has 0 fully saturated rings. The Morgan fingerprint density at radius 2 is 0.761 bits per heavy atom. The van der Waals surface area contributed by atoms with Gasteiger partial charge in [-0.25, -0.2) is 0 Å². The summed E-state index contributed by atoms with van der Waals surface area (Å²) >= 11 is 0. The second kappa shape index (κ2) is 15.4. The monoisotopic (exact) mass is 662 g/mol. The SMILES string of the molecule is CCC(CC)(Oc1c(C)cccc1C)[PH](=O)Oc1ccc(-c2ccc(O[PH](=O)C(CC)(CC)Oc3c(C)cccc3C)cc2)cc1. The number of aryl methyl sites for hydroxylation is 4. The third-order valence-electron chi connectivity index (χ3n) is 8.90. The first-order valence-electron chi connectivity index (χ1n) is 16.2. The molecule has 0 heterocycles. The van der Waals surface area contributed by atoms with Crippen LogP contribution in [0.25, 0.3) is 11.1 Å². The highest BCUT2D eigenvalue weighted by molar-refractivity contribution is 7.41. The molecule has 46 heavy (non-hydrogen) atoms. The van der Waals surface area contributed by atoms with Crippen LogP contribution in [0.2, 0.25) is 0 Å². The third kappa shape index (κ3) is 7.73. The van der Waals surface area contributed by atoms with Gasteiger partial charge in [-0.15, -0.1) is 0 Å². The van der Waals surface area contributed by atoms with Crippen molar-refractivity contribution in [3.8, 4) is 34.1 Å². The molecule has 6 nitrogen and oxygen atoms in total. The minimum atomic E-state index is -2.63. The lowest BCUT2D eigenvalue weighted by Gasteiger charge is -2.33. The lowest BCUT2D eigenvalue weighted by atomic mass is 10.1. The van der Waals surface area contributed by atoms with E-state index < -0.39 is 26.7 Å². The van der Waals surface area contributed by atoms with Gasteiger partial charge in [0.15, 0.2) is 10.7 Å². The number of ether oxygens (including phenoxy) is 2. The predicted octanol–water partition coefficient (Wildman–Crippen LogP) is 11.5. The van der Waals surface area contributed by atoms with E-state index >= 15 is 0 Å². The Morgan fingerprint density at radius 1 is 0.478 bits per heavy atom. The molecule has 0 saturated carbocycles. The molecule has 2 unspecified atom stereocenters. The Kier molecular flexibility index (Phi) is 11.9. The van der Waals surface area contributed by atoms with Crippen molar-refractivity contribution in [1.82, 2.24) is 0 Å². The van der Waals surface area contributed by atoms with Crippen molar-refractivity contribution in [3.63, 3.8) is 0 Å². The Bertz CT molecular complexity index is 1490. The Balaban J connectivity index is 1.45. The standard InChI is InChI=1S/C38H48O6P2/c1-9-37(10-2,41-35-27(5)15-13-16-28(35)6)45(39)43-33-23-19-31(20-24-33)32-21-25-34(26-22-32)44-46(40)38(11-3,12-4)42-36-29(7)17-14-18-30(36)8/h13-26,45-46H,9-12H2,1-8H3. The molecule has 4 aromatic carbocycles. The summed E-state index contributed by atoms with van der Waals surface area (Å²) < 4.78 is 52.3. The topological polar surface area (TPSA) is 71.1 Å². The van der Waals surface area contributed by atoms with Crippen molar-refractivity contribution in [2.45, 2.75) is 91.8 Å². The Morgan fingerprint density at radius 3 is 1.02 bits per heavy atom. The van der Waals surface area contributed by atoms with E-state index in [1.54, 1.807) is 0 Å². The highest BCUT2D eigenvalue weighted by atomic mass is 31.1. The van der Waals surface area contributed by atoms with Gasteiger partial charge in [-0.2, -0.15) is 0 Å². The van der Waals surface area contributed by atoms with Crippen LogP contribution in [-0.2, 0) is 9.13 Å². The quantitative estimate of drug-likeness (QED) is 0.118. The minimum absolute atomic E-state index is 0.530. The van der Waals surface area contributed by atoms with Gasteiger partial charge in [-0.1, -0.05) is 88.4 Å². The number of benzene rings is 4. The minimum Gasteiger partial charge on any atom is -0.476 e. The normalized spacial score (nSPS) is 13.1. The molecule has 4 aromatic rings. The highest BCUT2D eigenvalue weighted by Crippen LogP contribution is 2.49. The highest BCUT2D eigenvalue weighted by Gasteiger charge is 2.39. The molecule has 8 heteroatoms. The largest absolute Gasteiger partial charge is 0.476 e. The molecule has 0 spiro atoms. The van der Waals surface area contributed by atoms with E-state index in [2.05, 4.69) is 0 Å². The number of para-hydroxylation sites is 2. The molecule has 0 N–H and O–H groups in total. The van der Waals surface area contributed by atoms with Crippen molar-refractivity contribution in [1.29, 1.82) is 0 Å². The van der Waals surface area contributed by atoms with E-state index in [0.717, 1.165) is 44.9 Å². The van der Waals surface area contributed by atoms with Crippen LogP contribution >= 0.6 is 16.1 Å². The van der Waals surface area contributed by atoms with Crippen LogP contribution in [-0.4, -0.2) is 10.7 Å². The molecule has 0 aliphatic carbocycles. The van der Waals surface area contributed by atoms with Gasteiger partial charge in [-0.3, -0.25) is 9.13 Å². The van der Waals surface area contributed by atoms with Gasteiger partial charge < -0.3 is 18.5 Å².